The zero-order valence-electron chi connectivity index (χ0n) is 13.0. The summed E-state index contributed by atoms with van der Waals surface area (Å²) in [5.74, 6) is -0.196. The van der Waals surface area contributed by atoms with Gasteiger partial charge in [-0.05, 0) is 37.3 Å². The number of benzene rings is 2. The first-order valence-electron chi connectivity index (χ1n) is 7.59. The Labute approximate surface area is 138 Å². The van der Waals surface area contributed by atoms with Crippen molar-refractivity contribution in [3.8, 4) is 0 Å². The van der Waals surface area contributed by atoms with Gasteiger partial charge in [0.1, 0.15) is 0 Å². The first-order chi connectivity index (χ1) is 11.7. The molecule has 0 atom stereocenters. The van der Waals surface area contributed by atoms with E-state index in [-0.39, 0.29) is 5.91 Å². The summed E-state index contributed by atoms with van der Waals surface area (Å²) in [5.41, 5.74) is 4.37. The molecule has 0 aliphatic rings. The van der Waals surface area contributed by atoms with Crippen LogP contribution in [-0.2, 0) is 0 Å². The summed E-state index contributed by atoms with van der Waals surface area (Å²) in [5, 5.41) is 3.93. The van der Waals surface area contributed by atoms with Crippen molar-refractivity contribution in [2.45, 2.75) is 6.92 Å². The van der Waals surface area contributed by atoms with E-state index >= 15 is 0 Å². The average Bonchev–Trinajstić information content (AvgIpc) is 2.62. The molecule has 4 aromatic rings. The number of para-hydroxylation sites is 1. The highest BCUT2D eigenvalue weighted by molar-refractivity contribution is 6.09. The number of amides is 1. The average molecular weight is 314 g/mol. The lowest BCUT2D eigenvalue weighted by molar-refractivity contribution is 0.102. The minimum absolute atomic E-state index is 0.196. The van der Waals surface area contributed by atoms with Gasteiger partial charge in [-0.2, -0.15) is 0 Å². The number of anilines is 1. The summed E-state index contributed by atoms with van der Waals surface area (Å²) >= 11 is 0. The number of pyridine rings is 1. The number of hydrogen-bond donors (Lipinski definition) is 1. The van der Waals surface area contributed by atoms with Crippen LogP contribution >= 0.6 is 0 Å². The van der Waals surface area contributed by atoms with Gasteiger partial charge in [0.15, 0.2) is 0 Å². The Morgan fingerprint density at radius 1 is 0.958 bits per heavy atom. The van der Waals surface area contributed by atoms with Crippen molar-refractivity contribution in [2.75, 3.05) is 5.32 Å². The topological polar surface area (TPSA) is 67.8 Å². The van der Waals surface area contributed by atoms with Crippen LogP contribution in [0.25, 0.3) is 21.9 Å². The molecule has 0 bridgehead atoms. The number of nitrogens with zero attached hydrogens (tertiary/aromatic N) is 3. The van der Waals surface area contributed by atoms with Gasteiger partial charge in [0.25, 0.3) is 5.91 Å². The number of fused-ring (bicyclic) bond motifs is 2. The highest BCUT2D eigenvalue weighted by Gasteiger charge is 2.10. The van der Waals surface area contributed by atoms with Crippen LogP contribution in [0.5, 0.6) is 0 Å². The summed E-state index contributed by atoms with van der Waals surface area (Å²) in [4.78, 5) is 25.6. The van der Waals surface area contributed by atoms with E-state index in [9.17, 15) is 4.79 Å². The Kier molecular flexibility index (Phi) is 3.39. The standard InChI is InChI=1S/C19H14N4O/c1-12-5-6-13-3-2-4-16(18(13)22-12)23-19(24)14-7-8-15-17(11-14)21-10-9-20-15/h2-11H,1H3,(H,23,24). The SMILES string of the molecule is Cc1ccc2cccc(NC(=O)c3ccc4nccnc4c3)c2n1. The molecule has 0 saturated heterocycles. The van der Waals surface area contributed by atoms with Gasteiger partial charge in [0.05, 0.1) is 22.2 Å². The Morgan fingerprint density at radius 3 is 2.67 bits per heavy atom. The number of aryl methyl sites for hydroxylation is 1. The summed E-state index contributed by atoms with van der Waals surface area (Å²) in [6.45, 7) is 1.93. The van der Waals surface area contributed by atoms with E-state index in [1.807, 2.05) is 37.3 Å². The van der Waals surface area contributed by atoms with E-state index in [2.05, 4.69) is 20.3 Å². The van der Waals surface area contributed by atoms with E-state index in [4.69, 9.17) is 0 Å². The zero-order chi connectivity index (χ0) is 16.5. The van der Waals surface area contributed by atoms with Crippen molar-refractivity contribution < 1.29 is 4.79 Å². The van der Waals surface area contributed by atoms with Crippen molar-refractivity contribution >= 4 is 33.5 Å². The van der Waals surface area contributed by atoms with Crippen LogP contribution in [0.3, 0.4) is 0 Å². The van der Waals surface area contributed by atoms with Gasteiger partial charge < -0.3 is 5.32 Å². The smallest absolute Gasteiger partial charge is 0.255 e. The molecule has 0 radical (unpaired) electrons. The first kappa shape index (κ1) is 14.3. The van der Waals surface area contributed by atoms with Crippen LogP contribution in [0.15, 0.2) is 60.9 Å². The molecule has 116 valence electrons. The van der Waals surface area contributed by atoms with Gasteiger partial charge in [0.2, 0.25) is 0 Å². The third-order valence-corrected chi connectivity index (χ3v) is 3.84. The molecule has 0 fully saturated rings. The number of aromatic nitrogens is 3. The van der Waals surface area contributed by atoms with Crippen LogP contribution in [0.2, 0.25) is 0 Å². The minimum Gasteiger partial charge on any atom is -0.320 e. The molecular formula is C19H14N4O. The number of hydrogen-bond acceptors (Lipinski definition) is 4. The molecule has 0 aliphatic heterocycles. The Morgan fingerprint density at radius 2 is 1.79 bits per heavy atom. The molecule has 2 heterocycles. The molecule has 0 unspecified atom stereocenters. The predicted octanol–water partition coefficient (Wildman–Crippen LogP) is 3.74. The minimum atomic E-state index is -0.196. The van der Waals surface area contributed by atoms with E-state index in [1.54, 1.807) is 30.6 Å². The second-order valence-corrected chi connectivity index (χ2v) is 5.54. The lowest BCUT2D eigenvalue weighted by atomic mass is 10.1. The van der Waals surface area contributed by atoms with E-state index < -0.39 is 0 Å². The number of carbonyl (C=O) groups excluding carboxylic acids is 1. The molecule has 0 saturated carbocycles. The second-order valence-electron chi connectivity index (χ2n) is 5.54. The monoisotopic (exact) mass is 314 g/mol. The number of carbonyl (C=O) groups is 1. The van der Waals surface area contributed by atoms with Gasteiger partial charge >= 0.3 is 0 Å². The van der Waals surface area contributed by atoms with Crippen LogP contribution < -0.4 is 5.32 Å². The van der Waals surface area contributed by atoms with Gasteiger partial charge in [-0.25, -0.2) is 0 Å². The van der Waals surface area contributed by atoms with E-state index in [0.29, 0.717) is 16.8 Å². The van der Waals surface area contributed by atoms with Gasteiger partial charge in [0, 0.05) is 29.0 Å². The van der Waals surface area contributed by atoms with Crippen LogP contribution in [0.1, 0.15) is 16.1 Å². The molecule has 1 amide bonds. The summed E-state index contributed by atoms with van der Waals surface area (Å²) in [7, 11) is 0. The normalized spacial score (nSPS) is 10.9. The largest absolute Gasteiger partial charge is 0.320 e. The molecule has 2 aromatic heterocycles. The summed E-state index contributed by atoms with van der Waals surface area (Å²) < 4.78 is 0. The van der Waals surface area contributed by atoms with Crippen molar-refractivity contribution in [1.82, 2.24) is 15.0 Å². The fourth-order valence-electron chi connectivity index (χ4n) is 2.64. The van der Waals surface area contributed by atoms with Crippen LogP contribution in [0.4, 0.5) is 5.69 Å². The van der Waals surface area contributed by atoms with E-state index in [1.165, 1.54) is 0 Å². The fourth-order valence-corrected chi connectivity index (χ4v) is 2.64. The third kappa shape index (κ3) is 2.56. The Balaban J connectivity index is 1.71. The lowest BCUT2D eigenvalue weighted by Gasteiger charge is -2.09. The van der Waals surface area contributed by atoms with Crippen molar-refractivity contribution in [3.05, 3.63) is 72.2 Å². The fraction of sp³-hybridized carbons (Fsp3) is 0.0526. The predicted molar refractivity (Wildman–Crippen MR) is 94.0 cm³/mol. The maximum absolute atomic E-state index is 12.6. The third-order valence-electron chi connectivity index (χ3n) is 3.84. The summed E-state index contributed by atoms with van der Waals surface area (Å²) in [6, 6.07) is 15.0. The van der Waals surface area contributed by atoms with Gasteiger partial charge in [-0.15, -0.1) is 0 Å². The molecule has 0 aliphatic carbocycles. The molecule has 5 nitrogen and oxygen atoms in total. The lowest BCUT2D eigenvalue weighted by Crippen LogP contribution is -2.12. The molecule has 24 heavy (non-hydrogen) atoms. The van der Waals surface area contributed by atoms with Crippen molar-refractivity contribution in [1.29, 1.82) is 0 Å². The number of rotatable bonds is 2. The molecule has 2 aromatic carbocycles. The van der Waals surface area contributed by atoms with E-state index in [0.717, 1.165) is 22.1 Å². The van der Waals surface area contributed by atoms with Crippen LogP contribution in [0, 0.1) is 6.92 Å². The maximum atomic E-state index is 12.6. The summed E-state index contributed by atoms with van der Waals surface area (Å²) in [6.07, 6.45) is 3.24. The maximum Gasteiger partial charge on any atom is 0.255 e. The molecule has 4 rings (SSSR count). The zero-order valence-corrected chi connectivity index (χ0v) is 13.0. The van der Waals surface area contributed by atoms with Gasteiger partial charge in [-0.3, -0.25) is 19.7 Å². The molecule has 1 N–H and O–H groups in total. The first-order valence-corrected chi connectivity index (χ1v) is 7.59. The van der Waals surface area contributed by atoms with Crippen LogP contribution in [-0.4, -0.2) is 20.9 Å². The molecule has 5 heteroatoms. The highest BCUT2D eigenvalue weighted by atomic mass is 16.1. The number of nitrogens with one attached hydrogen (secondary N) is 1. The molecular weight excluding hydrogens is 300 g/mol. The second kappa shape index (κ2) is 5.70. The van der Waals surface area contributed by atoms with Crippen molar-refractivity contribution in [3.63, 3.8) is 0 Å². The van der Waals surface area contributed by atoms with Gasteiger partial charge in [-0.1, -0.05) is 18.2 Å². The van der Waals surface area contributed by atoms with Crippen molar-refractivity contribution in [2.24, 2.45) is 0 Å². The Hall–Kier alpha value is -3.34. The molecule has 0 spiro atoms. The Bertz CT molecular complexity index is 1080. The highest BCUT2D eigenvalue weighted by Crippen LogP contribution is 2.22. The quantitative estimate of drug-likeness (QED) is 0.612.